The molecule has 0 spiro atoms. The largest absolute Gasteiger partial charge is 0.290 e. The van der Waals surface area contributed by atoms with Crippen molar-refractivity contribution in [3.8, 4) is 0 Å². The van der Waals surface area contributed by atoms with Gasteiger partial charge < -0.3 is 0 Å². The van der Waals surface area contributed by atoms with Crippen molar-refractivity contribution in [3.05, 3.63) is 34.9 Å². The third-order valence-corrected chi connectivity index (χ3v) is 2.66. The first kappa shape index (κ1) is 7.81. The molecule has 0 aliphatic heterocycles. The zero-order valence-corrected chi connectivity index (χ0v) is 7.51. The highest BCUT2D eigenvalue weighted by Gasteiger charge is 2.43. The molecule has 1 saturated carbocycles. The summed E-state index contributed by atoms with van der Waals surface area (Å²) in [6, 6.07) is 7.87. The molecule has 0 bridgehead atoms. The van der Waals surface area contributed by atoms with E-state index in [-0.39, 0.29) is 5.54 Å². The Kier molecular flexibility index (Phi) is 1.69. The smallest absolute Gasteiger partial charge is 0.0851 e. The lowest BCUT2D eigenvalue weighted by Crippen LogP contribution is -2.00. The average molecular weight is 180 g/mol. The second kappa shape index (κ2) is 2.60. The number of benzene rings is 1. The molecule has 0 amide bonds. The highest BCUT2D eigenvalue weighted by atomic mass is 35.5. The predicted molar refractivity (Wildman–Crippen MR) is 51.9 cm³/mol. The van der Waals surface area contributed by atoms with Crippen molar-refractivity contribution in [3.63, 3.8) is 0 Å². The Labute approximate surface area is 77.1 Å². The maximum Gasteiger partial charge on any atom is 0.0851 e. The number of halogens is 1. The average Bonchev–Trinajstić information content (AvgIpc) is 2.86. The van der Waals surface area contributed by atoms with Crippen molar-refractivity contribution in [2.75, 3.05) is 0 Å². The Morgan fingerprint density at radius 3 is 2.25 bits per heavy atom. The molecular weight excluding hydrogens is 170 g/mol. The van der Waals surface area contributed by atoms with E-state index < -0.39 is 0 Å². The highest BCUT2D eigenvalue weighted by molar-refractivity contribution is 6.30. The van der Waals surface area contributed by atoms with E-state index in [4.69, 9.17) is 11.6 Å². The molecule has 1 aromatic carbocycles. The summed E-state index contributed by atoms with van der Waals surface area (Å²) in [5.41, 5.74) is 1.27. The molecule has 0 radical (unpaired) electrons. The first-order valence-electron chi connectivity index (χ1n) is 4.01. The fourth-order valence-electron chi connectivity index (χ4n) is 1.42. The van der Waals surface area contributed by atoms with Crippen LogP contribution in [0, 0.1) is 0 Å². The zero-order chi connectivity index (χ0) is 8.60. The third kappa shape index (κ3) is 1.14. The number of aliphatic imine (C=N–C) groups is 1. The maximum absolute atomic E-state index is 5.78. The van der Waals surface area contributed by atoms with Gasteiger partial charge in [-0.2, -0.15) is 0 Å². The molecule has 1 nitrogen and oxygen atoms in total. The Morgan fingerprint density at radius 2 is 1.83 bits per heavy atom. The van der Waals surface area contributed by atoms with Crippen molar-refractivity contribution in [1.82, 2.24) is 0 Å². The summed E-state index contributed by atoms with van der Waals surface area (Å²) in [4.78, 5) is 4.14. The first-order chi connectivity index (χ1) is 5.77. The van der Waals surface area contributed by atoms with Gasteiger partial charge in [-0.15, -0.1) is 0 Å². The molecule has 1 aromatic rings. The van der Waals surface area contributed by atoms with Crippen LogP contribution in [-0.4, -0.2) is 6.72 Å². The Morgan fingerprint density at radius 1 is 1.25 bits per heavy atom. The van der Waals surface area contributed by atoms with E-state index in [0.29, 0.717) is 0 Å². The van der Waals surface area contributed by atoms with E-state index in [1.54, 1.807) is 0 Å². The van der Waals surface area contributed by atoms with Crippen molar-refractivity contribution in [2.24, 2.45) is 4.99 Å². The van der Waals surface area contributed by atoms with Gasteiger partial charge in [-0.3, -0.25) is 4.99 Å². The molecule has 1 fully saturated rings. The van der Waals surface area contributed by atoms with Crippen molar-refractivity contribution in [1.29, 1.82) is 0 Å². The highest BCUT2D eigenvalue weighted by Crippen LogP contribution is 2.49. The van der Waals surface area contributed by atoms with E-state index in [1.807, 2.05) is 24.3 Å². The molecule has 0 N–H and O–H groups in total. The molecule has 62 valence electrons. The molecule has 1 aliphatic carbocycles. The van der Waals surface area contributed by atoms with E-state index in [9.17, 15) is 0 Å². The number of rotatable bonds is 2. The molecule has 0 unspecified atom stereocenters. The van der Waals surface area contributed by atoms with Gasteiger partial charge in [0.2, 0.25) is 0 Å². The van der Waals surface area contributed by atoms with Crippen LogP contribution in [0.15, 0.2) is 29.3 Å². The van der Waals surface area contributed by atoms with Crippen LogP contribution in [0.4, 0.5) is 0 Å². The molecule has 0 aromatic heterocycles. The van der Waals surface area contributed by atoms with Crippen LogP contribution >= 0.6 is 11.6 Å². The van der Waals surface area contributed by atoms with Gasteiger partial charge in [0.25, 0.3) is 0 Å². The van der Waals surface area contributed by atoms with Crippen molar-refractivity contribution in [2.45, 2.75) is 18.4 Å². The summed E-state index contributed by atoms with van der Waals surface area (Å²) >= 11 is 5.78. The molecule has 12 heavy (non-hydrogen) atoms. The number of nitrogens with zero attached hydrogens (tertiary/aromatic N) is 1. The summed E-state index contributed by atoms with van der Waals surface area (Å²) in [7, 11) is 0. The van der Waals surface area contributed by atoms with Gasteiger partial charge in [0, 0.05) is 5.02 Å². The van der Waals surface area contributed by atoms with Crippen LogP contribution < -0.4 is 0 Å². The minimum atomic E-state index is 0.0323. The lowest BCUT2D eigenvalue weighted by Gasteiger charge is -2.08. The van der Waals surface area contributed by atoms with E-state index in [2.05, 4.69) is 11.7 Å². The minimum Gasteiger partial charge on any atom is -0.290 e. The minimum absolute atomic E-state index is 0.0323. The second-order valence-corrected chi connectivity index (χ2v) is 3.63. The van der Waals surface area contributed by atoms with Gasteiger partial charge in [-0.05, 0) is 37.3 Å². The number of hydrogen-bond donors (Lipinski definition) is 0. The Bertz CT molecular complexity index is 298. The second-order valence-electron chi connectivity index (χ2n) is 3.20. The van der Waals surface area contributed by atoms with Crippen LogP contribution in [-0.2, 0) is 5.54 Å². The quantitative estimate of drug-likeness (QED) is 0.619. The van der Waals surface area contributed by atoms with E-state index in [0.717, 1.165) is 17.9 Å². The molecule has 0 saturated heterocycles. The topological polar surface area (TPSA) is 12.4 Å². The summed E-state index contributed by atoms with van der Waals surface area (Å²) in [6.07, 6.45) is 2.25. The van der Waals surface area contributed by atoms with Gasteiger partial charge >= 0.3 is 0 Å². The van der Waals surface area contributed by atoms with Gasteiger partial charge in [0.05, 0.1) is 5.54 Å². The lowest BCUT2D eigenvalue weighted by atomic mass is 10.1. The van der Waals surface area contributed by atoms with Crippen molar-refractivity contribution < 1.29 is 0 Å². The molecule has 1 aliphatic rings. The first-order valence-corrected chi connectivity index (χ1v) is 4.39. The van der Waals surface area contributed by atoms with E-state index >= 15 is 0 Å². The number of hydrogen-bond acceptors (Lipinski definition) is 1. The monoisotopic (exact) mass is 179 g/mol. The Balaban J connectivity index is 2.35. The van der Waals surface area contributed by atoms with Gasteiger partial charge in [0.1, 0.15) is 0 Å². The summed E-state index contributed by atoms with van der Waals surface area (Å²) in [5.74, 6) is 0. The molecular formula is C10H10ClN. The summed E-state index contributed by atoms with van der Waals surface area (Å²) < 4.78 is 0. The molecule has 0 atom stereocenters. The molecule has 2 rings (SSSR count). The zero-order valence-electron chi connectivity index (χ0n) is 6.76. The van der Waals surface area contributed by atoms with Gasteiger partial charge in [0.15, 0.2) is 0 Å². The molecule has 0 heterocycles. The van der Waals surface area contributed by atoms with Crippen LogP contribution in [0.3, 0.4) is 0 Å². The fourth-order valence-corrected chi connectivity index (χ4v) is 1.54. The SMILES string of the molecule is C=NC1(c2ccc(Cl)cc2)CC1. The molecule has 2 heteroatoms. The van der Waals surface area contributed by atoms with Crippen LogP contribution in [0.25, 0.3) is 0 Å². The maximum atomic E-state index is 5.78. The normalized spacial score (nSPS) is 18.8. The fraction of sp³-hybridized carbons (Fsp3) is 0.300. The third-order valence-electron chi connectivity index (χ3n) is 2.41. The van der Waals surface area contributed by atoms with E-state index in [1.165, 1.54) is 5.56 Å². The Hall–Kier alpha value is -0.820. The lowest BCUT2D eigenvalue weighted by molar-refractivity contribution is 0.751. The summed E-state index contributed by atoms with van der Waals surface area (Å²) in [5, 5.41) is 0.776. The standard InChI is InChI=1S/C10H10ClN/c1-12-10(6-7-10)8-2-4-9(11)5-3-8/h2-5H,1,6-7H2. The van der Waals surface area contributed by atoms with Crippen LogP contribution in [0.1, 0.15) is 18.4 Å². The van der Waals surface area contributed by atoms with Gasteiger partial charge in [-0.25, -0.2) is 0 Å². The predicted octanol–water partition coefficient (Wildman–Crippen LogP) is 3.03. The van der Waals surface area contributed by atoms with Crippen LogP contribution in [0.5, 0.6) is 0 Å². The summed E-state index contributed by atoms with van der Waals surface area (Å²) in [6.45, 7) is 3.61. The van der Waals surface area contributed by atoms with Crippen molar-refractivity contribution >= 4 is 18.3 Å². The van der Waals surface area contributed by atoms with Gasteiger partial charge in [-0.1, -0.05) is 23.7 Å². The van der Waals surface area contributed by atoms with Crippen LogP contribution in [0.2, 0.25) is 5.02 Å².